The molecule has 1 N–H and O–H groups in total. The van der Waals surface area contributed by atoms with Gasteiger partial charge < -0.3 is 23.8 Å². The number of benzene rings is 2. The van der Waals surface area contributed by atoms with Gasteiger partial charge in [-0.25, -0.2) is 9.78 Å². The van der Waals surface area contributed by atoms with Crippen LogP contribution >= 0.6 is 0 Å². The Morgan fingerprint density at radius 2 is 2.00 bits per heavy atom. The summed E-state index contributed by atoms with van der Waals surface area (Å²) in [5, 5.41) is 0.715. The molecule has 2 aromatic heterocycles. The highest BCUT2D eigenvalue weighted by Crippen LogP contribution is 2.37. The summed E-state index contributed by atoms with van der Waals surface area (Å²) in [7, 11) is 3.03. The van der Waals surface area contributed by atoms with Crippen LogP contribution in [0.4, 0.5) is 0 Å². The molecule has 1 aliphatic heterocycles. The van der Waals surface area contributed by atoms with Crippen molar-refractivity contribution in [2.75, 3.05) is 20.8 Å². The zero-order valence-corrected chi connectivity index (χ0v) is 19.5. The minimum Gasteiger partial charge on any atom is -0.493 e. The summed E-state index contributed by atoms with van der Waals surface area (Å²) in [6, 6.07) is 11.3. The predicted octanol–water partition coefficient (Wildman–Crippen LogP) is 4.29. The number of nitrogens with zero attached hydrogens (tertiary/aromatic N) is 2. The van der Waals surface area contributed by atoms with Crippen LogP contribution < -0.4 is 15.1 Å². The molecule has 1 fully saturated rings. The largest absolute Gasteiger partial charge is 0.493 e. The number of aromatic amines is 1. The van der Waals surface area contributed by atoms with Crippen LogP contribution in [0.2, 0.25) is 0 Å². The molecule has 0 bridgehead atoms. The molecule has 4 aromatic rings. The van der Waals surface area contributed by atoms with Crippen molar-refractivity contribution in [3.8, 4) is 11.5 Å². The maximum absolute atomic E-state index is 13.5. The van der Waals surface area contributed by atoms with Crippen molar-refractivity contribution in [3.05, 3.63) is 63.8 Å². The average molecular weight is 462 g/mol. The maximum atomic E-state index is 13.5. The summed E-state index contributed by atoms with van der Waals surface area (Å²) >= 11 is 0. The number of H-pyrrole nitrogens is 1. The molecule has 8 heteroatoms. The molecule has 1 atom stereocenters. The first-order valence-corrected chi connectivity index (χ1v) is 11.4. The Labute approximate surface area is 196 Å². The predicted molar refractivity (Wildman–Crippen MR) is 128 cm³/mol. The van der Waals surface area contributed by atoms with Gasteiger partial charge in [0.05, 0.1) is 43.3 Å². The minimum atomic E-state index is -0.540. The van der Waals surface area contributed by atoms with Gasteiger partial charge in [-0.2, -0.15) is 0 Å². The molecule has 1 saturated heterocycles. The zero-order chi connectivity index (χ0) is 23.8. The van der Waals surface area contributed by atoms with Crippen molar-refractivity contribution in [1.82, 2.24) is 14.9 Å². The Morgan fingerprint density at radius 1 is 1.18 bits per heavy atom. The number of likely N-dealkylation sites (tertiary alicyclic amines) is 1. The number of hydrogen-bond donors (Lipinski definition) is 1. The lowest BCUT2D eigenvalue weighted by Gasteiger charge is -2.34. The lowest BCUT2D eigenvalue weighted by atomic mass is 9.98. The molecule has 5 rings (SSSR count). The molecule has 1 unspecified atom stereocenters. The molecule has 1 aliphatic rings. The molecule has 2 aromatic carbocycles. The maximum Gasteiger partial charge on any atom is 0.340 e. The fourth-order valence-electron chi connectivity index (χ4n) is 4.87. The molecule has 1 amide bonds. The lowest BCUT2D eigenvalue weighted by Crippen LogP contribution is -2.40. The van der Waals surface area contributed by atoms with Gasteiger partial charge in [-0.15, -0.1) is 0 Å². The van der Waals surface area contributed by atoms with Gasteiger partial charge in [0.15, 0.2) is 11.3 Å². The van der Waals surface area contributed by atoms with Gasteiger partial charge in [0, 0.05) is 11.9 Å². The number of para-hydroxylation sites is 2. The van der Waals surface area contributed by atoms with E-state index in [-0.39, 0.29) is 18.4 Å². The second kappa shape index (κ2) is 8.85. The molecular weight excluding hydrogens is 434 g/mol. The molecule has 0 aliphatic carbocycles. The summed E-state index contributed by atoms with van der Waals surface area (Å²) in [6.07, 6.45) is 2.73. The number of rotatable bonds is 5. The van der Waals surface area contributed by atoms with E-state index in [0.29, 0.717) is 40.1 Å². The quantitative estimate of drug-likeness (QED) is 0.445. The highest BCUT2D eigenvalue weighted by molar-refractivity contribution is 5.90. The Balaban J connectivity index is 1.49. The smallest absolute Gasteiger partial charge is 0.340 e. The van der Waals surface area contributed by atoms with Gasteiger partial charge in [-0.05, 0) is 56.0 Å². The highest BCUT2D eigenvalue weighted by atomic mass is 16.5. The molecule has 8 nitrogen and oxygen atoms in total. The minimum absolute atomic E-state index is 0.0326. The molecule has 176 valence electrons. The van der Waals surface area contributed by atoms with E-state index in [1.807, 2.05) is 42.2 Å². The van der Waals surface area contributed by atoms with E-state index in [2.05, 4.69) is 4.98 Å². The van der Waals surface area contributed by atoms with Crippen molar-refractivity contribution in [3.63, 3.8) is 0 Å². The fraction of sp³-hybridized carbons (Fsp3) is 0.346. The molecular formula is C26H27N3O5. The number of fused-ring (bicyclic) bond motifs is 2. The van der Waals surface area contributed by atoms with Crippen molar-refractivity contribution < 1.29 is 18.7 Å². The van der Waals surface area contributed by atoms with Gasteiger partial charge in [0.2, 0.25) is 11.7 Å². The highest BCUT2D eigenvalue weighted by Gasteiger charge is 2.31. The number of piperidine rings is 1. The summed E-state index contributed by atoms with van der Waals surface area (Å²) < 4.78 is 16.4. The monoisotopic (exact) mass is 461 g/mol. The van der Waals surface area contributed by atoms with Crippen LogP contribution in [0.1, 0.15) is 42.3 Å². The number of carbonyl (C=O) groups excluding carboxylic acids is 1. The van der Waals surface area contributed by atoms with Gasteiger partial charge in [-0.1, -0.05) is 12.1 Å². The number of aryl methyl sites for hydroxylation is 1. The third-order valence-electron chi connectivity index (χ3n) is 6.67. The first-order chi connectivity index (χ1) is 16.5. The van der Waals surface area contributed by atoms with E-state index in [4.69, 9.17) is 18.9 Å². The Morgan fingerprint density at radius 3 is 2.76 bits per heavy atom. The molecule has 0 saturated carbocycles. The van der Waals surface area contributed by atoms with Crippen LogP contribution in [0.5, 0.6) is 11.5 Å². The topological polar surface area (TPSA) is 97.7 Å². The van der Waals surface area contributed by atoms with Crippen molar-refractivity contribution in [2.24, 2.45) is 0 Å². The number of hydrogen-bond acceptors (Lipinski definition) is 6. The van der Waals surface area contributed by atoms with E-state index in [1.165, 1.54) is 14.2 Å². The summed E-state index contributed by atoms with van der Waals surface area (Å²) in [6.45, 7) is 2.46. The van der Waals surface area contributed by atoms with Crippen LogP contribution in [0.3, 0.4) is 0 Å². The number of ether oxygens (including phenoxy) is 2. The zero-order valence-electron chi connectivity index (χ0n) is 19.5. The number of methoxy groups -OCH3 is 2. The SMILES string of the molecule is COc1ccc2c(C)c(CC(=O)N3CCCCC3c3nc4ccccc4[nH]3)c(=O)oc2c1OC. The van der Waals surface area contributed by atoms with Crippen molar-refractivity contribution >= 4 is 27.9 Å². The standard InChI is InChI=1S/C26H27N3O5/c1-15-16-11-12-21(32-2)24(33-3)23(16)34-26(31)17(15)14-22(30)29-13-7-6-10-20(29)25-27-18-8-4-5-9-19(18)28-25/h4-5,8-9,11-12,20H,6-7,10,13-14H2,1-3H3,(H,27,28). The summed E-state index contributed by atoms with van der Waals surface area (Å²) in [5.74, 6) is 1.51. The van der Waals surface area contributed by atoms with Crippen LogP contribution in [0.25, 0.3) is 22.0 Å². The average Bonchev–Trinajstić information content (AvgIpc) is 3.30. The van der Waals surface area contributed by atoms with Crippen molar-refractivity contribution in [1.29, 1.82) is 0 Å². The number of carbonyl (C=O) groups is 1. The van der Waals surface area contributed by atoms with Crippen LogP contribution in [-0.2, 0) is 11.2 Å². The van der Waals surface area contributed by atoms with Gasteiger partial charge in [0.1, 0.15) is 5.82 Å². The third-order valence-corrected chi connectivity index (χ3v) is 6.67. The number of imidazole rings is 1. The third kappa shape index (κ3) is 3.69. The second-order valence-electron chi connectivity index (χ2n) is 8.59. The van der Waals surface area contributed by atoms with E-state index >= 15 is 0 Å². The van der Waals surface area contributed by atoms with Gasteiger partial charge in [0.25, 0.3) is 0 Å². The van der Waals surface area contributed by atoms with Gasteiger partial charge in [-0.3, -0.25) is 4.79 Å². The summed E-state index contributed by atoms with van der Waals surface area (Å²) in [5.41, 5.74) is 2.68. The first-order valence-electron chi connectivity index (χ1n) is 11.4. The number of aromatic nitrogens is 2. The second-order valence-corrected chi connectivity index (χ2v) is 8.59. The summed E-state index contributed by atoms with van der Waals surface area (Å²) in [4.78, 5) is 36.4. The van der Waals surface area contributed by atoms with E-state index in [1.54, 1.807) is 6.07 Å². The Kier molecular flexibility index (Phi) is 5.73. The molecule has 0 radical (unpaired) electrons. The Hall–Kier alpha value is -3.81. The van der Waals surface area contributed by atoms with Crippen LogP contribution in [0.15, 0.2) is 45.6 Å². The lowest BCUT2D eigenvalue weighted by molar-refractivity contribution is -0.134. The molecule has 34 heavy (non-hydrogen) atoms. The first kappa shape index (κ1) is 22.0. The number of nitrogens with one attached hydrogen (secondary N) is 1. The Bertz CT molecular complexity index is 1400. The van der Waals surface area contributed by atoms with Crippen LogP contribution in [0, 0.1) is 6.92 Å². The fourth-order valence-corrected chi connectivity index (χ4v) is 4.87. The van der Waals surface area contributed by atoms with E-state index in [9.17, 15) is 9.59 Å². The molecule has 3 heterocycles. The van der Waals surface area contributed by atoms with Crippen molar-refractivity contribution in [2.45, 2.75) is 38.6 Å². The van der Waals surface area contributed by atoms with E-state index < -0.39 is 5.63 Å². The van der Waals surface area contributed by atoms with Gasteiger partial charge >= 0.3 is 5.63 Å². The van der Waals surface area contributed by atoms with Crippen LogP contribution in [-0.4, -0.2) is 41.5 Å². The number of amides is 1. The normalized spacial score (nSPS) is 16.2. The van der Waals surface area contributed by atoms with E-state index in [0.717, 1.165) is 36.1 Å². The molecule has 0 spiro atoms.